The van der Waals surface area contributed by atoms with Gasteiger partial charge in [-0.15, -0.1) is 0 Å². The molecule has 1 aliphatic heterocycles. The van der Waals surface area contributed by atoms with Crippen LogP contribution in [0.15, 0.2) is 48.8 Å². The fourth-order valence-corrected chi connectivity index (χ4v) is 4.13. The second-order valence-corrected chi connectivity index (χ2v) is 10.7. The van der Waals surface area contributed by atoms with Crippen LogP contribution in [0.3, 0.4) is 0 Å². The Bertz CT molecular complexity index is 1200. The van der Waals surface area contributed by atoms with Crippen LogP contribution in [0.1, 0.15) is 47.5 Å². The Balaban J connectivity index is 1.31. The third kappa shape index (κ3) is 6.36. The van der Waals surface area contributed by atoms with E-state index in [4.69, 9.17) is 9.47 Å². The number of carbonyl (C=O) groups excluding carboxylic acids is 2. The van der Waals surface area contributed by atoms with Crippen LogP contribution in [0.25, 0.3) is 16.7 Å². The minimum Gasteiger partial charge on any atom is -0.492 e. The maximum absolute atomic E-state index is 12.2. The number of nitrogens with one attached hydrogen (secondary N) is 1. The molecular weight excluding hydrogens is 456 g/mol. The first kappa shape index (κ1) is 25.5. The van der Waals surface area contributed by atoms with Crippen LogP contribution < -0.4 is 10.1 Å². The zero-order chi connectivity index (χ0) is 25.9. The number of amides is 2. The molecule has 0 atom stereocenters. The van der Waals surface area contributed by atoms with E-state index in [1.807, 2.05) is 81.8 Å². The number of likely N-dealkylation sites (tertiary alicyclic amines) is 1. The van der Waals surface area contributed by atoms with Gasteiger partial charge in [0, 0.05) is 36.3 Å². The van der Waals surface area contributed by atoms with Crippen molar-refractivity contribution in [3.05, 3.63) is 48.8 Å². The van der Waals surface area contributed by atoms with Crippen molar-refractivity contribution in [2.75, 3.05) is 25.0 Å². The molecular formula is C28H36N4O4. The molecule has 1 N–H and O–H groups in total. The molecule has 0 spiro atoms. The molecule has 2 aromatic heterocycles. The molecule has 0 radical (unpaired) electrons. The fourth-order valence-electron chi connectivity index (χ4n) is 4.13. The van der Waals surface area contributed by atoms with E-state index in [1.54, 1.807) is 11.1 Å². The maximum Gasteiger partial charge on any atom is 0.410 e. The Morgan fingerprint density at radius 3 is 2.50 bits per heavy atom. The van der Waals surface area contributed by atoms with Gasteiger partial charge in [0.2, 0.25) is 5.91 Å². The minimum atomic E-state index is -0.475. The van der Waals surface area contributed by atoms with E-state index in [9.17, 15) is 9.59 Å². The van der Waals surface area contributed by atoms with Gasteiger partial charge in [-0.3, -0.25) is 4.79 Å². The summed E-state index contributed by atoms with van der Waals surface area (Å²) in [6.45, 7) is 11.4. The number of rotatable bonds is 6. The van der Waals surface area contributed by atoms with Gasteiger partial charge in [0.1, 0.15) is 17.2 Å². The molecule has 3 heterocycles. The van der Waals surface area contributed by atoms with Crippen LogP contribution in [-0.4, -0.2) is 51.7 Å². The summed E-state index contributed by atoms with van der Waals surface area (Å²) in [7, 11) is 0. The number of anilines is 1. The van der Waals surface area contributed by atoms with E-state index < -0.39 is 5.60 Å². The highest BCUT2D eigenvalue weighted by atomic mass is 16.6. The maximum atomic E-state index is 12.2. The van der Waals surface area contributed by atoms with Gasteiger partial charge in [0.15, 0.2) is 0 Å². The Hall–Kier alpha value is -3.55. The third-order valence-electron chi connectivity index (χ3n) is 6.20. The number of benzene rings is 1. The molecule has 8 nitrogen and oxygen atoms in total. The zero-order valence-electron chi connectivity index (χ0n) is 21.8. The summed E-state index contributed by atoms with van der Waals surface area (Å²) in [4.78, 5) is 30.6. The first-order chi connectivity index (χ1) is 17.1. The van der Waals surface area contributed by atoms with E-state index in [2.05, 4.69) is 10.3 Å². The number of hydrogen-bond donors (Lipinski definition) is 1. The molecule has 3 aromatic rings. The van der Waals surface area contributed by atoms with Crippen molar-refractivity contribution in [3.8, 4) is 11.6 Å². The predicted octanol–water partition coefficient (Wildman–Crippen LogP) is 5.65. The van der Waals surface area contributed by atoms with Crippen LogP contribution >= 0.6 is 0 Å². The van der Waals surface area contributed by atoms with E-state index in [0.717, 1.165) is 41.0 Å². The summed E-state index contributed by atoms with van der Waals surface area (Å²) in [6.07, 6.45) is 5.25. The molecule has 8 heteroatoms. The molecule has 1 saturated heterocycles. The summed E-state index contributed by atoms with van der Waals surface area (Å²) in [5.74, 6) is 1.84. The second kappa shape index (κ2) is 10.6. The smallest absolute Gasteiger partial charge is 0.410 e. The lowest BCUT2D eigenvalue weighted by Crippen LogP contribution is -2.42. The molecule has 36 heavy (non-hydrogen) atoms. The average molecular weight is 493 g/mol. The lowest BCUT2D eigenvalue weighted by molar-refractivity contribution is -0.118. The standard InChI is InChI=1S/C28H36N4O4/c1-19(2)26(33)30-22-6-8-24-21(16-22)12-15-32(24)25-9-7-23(17-29-25)35-18-20-10-13-31(14-11-20)27(34)36-28(3,4)5/h6-9,12,15-17,19-20H,10-11,13-14,18H2,1-5H3,(H,30,33). The molecule has 192 valence electrons. The normalized spacial score (nSPS) is 14.8. The lowest BCUT2D eigenvalue weighted by Gasteiger charge is -2.33. The predicted molar refractivity (Wildman–Crippen MR) is 141 cm³/mol. The van der Waals surface area contributed by atoms with E-state index in [1.165, 1.54) is 0 Å². The topological polar surface area (TPSA) is 85.7 Å². The second-order valence-electron chi connectivity index (χ2n) is 10.7. The highest BCUT2D eigenvalue weighted by molar-refractivity contribution is 5.95. The van der Waals surface area contributed by atoms with E-state index in [0.29, 0.717) is 25.6 Å². The highest BCUT2D eigenvalue weighted by Gasteiger charge is 2.27. The van der Waals surface area contributed by atoms with Crippen molar-refractivity contribution < 1.29 is 19.1 Å². The van der Waals surface area contributed by atoms with E-state index in [-0.39, 0.29) is 17.9 Å². The third-order valence-corrected chi connectivity index (χ3v) is 6.20. The Morgan fingerprint density at radius 1 is 1.11 bits per heavy atom. The van der Waals surface area contributed by atoms with Gasteiger partial charge < -0.3 is 24.3 Å². The molecule has 2 amide bonds. The first-order valence-electron chi connectivity index (χ1n) is 12.6. The SMILES string of the molecule is CC(C)C(=O)Nc1ccc2c(ccn2-c2ccc(OCC3CCN(C(=O)OC(C)(C)C)CC3)cn2)c1. The molecule has 1 fully saturated rings. The summed E-state index contributed by atoms with van der Waals surface area (Å²) in [5.41, 5.74) is 1.32. The summed E-state index contributed by atoms with van der Waals surface area (Å²) >= 11 is 0. The van der Waals surface area contributed by atoms with Gasteiger partial charge in [-0.05, 0) is 75.9 Å². The number of carbonyl (C=O) groups is 2. The van der Waals surface area contributed by atoms with Gasteiger partial charge >= 0.3 is 6.09 Å². The summed E-state index contributed by atoms with van der Waals surface area (Å²) in [5, 5.41) is 3.97. The quantitative estimate of drug-likeness (QED) is 0.481. The van der Waals surface area contributed by atoms with Crippen LogP contribution in [0.4, 0.5) is 10.5 Å². The minimum absolute atomic E-state index is 0.000341. The Kier molecular flexibility index (Phi) is 7.52. The number of ether oxygens (including phenoxy) is 2. The first-order valence-corrected chi connectivity index (χ1v) is 12.6. The largest absolute Gasteiger partial charge is 0.492 e. The molecule has 0 saturated carbocycles. The van der Waals surface area contributed by atoms with Gasteiger partial charge in [-0.1, -0.05) is 13.8 Å². The van der Waals surface area contributed by atoms with Gasteiger partial charge in [0.05, 0.1) is 18.3 Å². The molecule has 0 aliphatic carbocycles. The number of pyridine rings is 1. The van der Waals surface area contributed by atoms with Gasteiger partial charge in [0.25, 0.3) is 0 Å². The zero-order valence-corrected chi connectivity index (χ0v) is 21.8. The average Bonchev–Trinajstić information content (AvgIpc) is 3.25. The van der Waals surface area contributed by atoms with Crippen molar-refractivity contribution in [2.24, 2.45) is 11.8 Å². The molecule has 0 unspecified atom stereocenters. The molecule has 4 rings (SSSR count). The molecule has 0 bridgehead atoms. The van der Waals surface area contributed by atoms with Crippen molar-refractivity contribution in [1.82, 2.24) is 14.5 Å². The lowest BCUT2D eigenvalue weighted by atomic mass is 9.98. The number of hydrogen-bond acceptors (Lipinski definition) is 5. The Morgan fingerprint density at radius 2 is 1.86 bits per heavy atom. The van der Waals surface area contributed by atoms with Crippen LogP contribution in [0.5, 0.6) is 5.75 Å². The summed E-state index contributed by atoms with van der Waals surface area (Å²) in [6, 6.07) is 11.7. The molecule has 1 aromatic carbocycles. The number of piperidine rings is 1. The van der Waals surface area contributed by atoms with Crippen molar-refractivity contribution in [3.63, 3.8) is 0 Å². The van der Waals surface area contributed by atoms with Gasteiger partial charge in [-0.25, -0.2) is 9.78 Å². The van der Waals surface area contributed by atoms with Crippen LogP contribution in [-0.2, 0) is 9.53 Å². The Labute approximate surface area is 212 Å². The number of fused-ring (bicyclic) bond motifs is 1. The van der Waals surface area contributed by atoms with Crippen LogP contribution in [0.2, 0.25) is 0 Å². The number of nitrogens with zero attached hydrogens (tertiary/aromatic N) is 3. The monoisotopic (exact) mass is 492 g/mol. The molecule has 1 aliphatic rings. The van der Waals surface area contributed by atoms with Crippen molar-refractivity contribution in [2.45, 2.75) is 53.1 Å². The highest BCUT2D eigenvalue weighted by Crippen LogP contribution is 2.25. The van der Waals surface area contributed by atoms with Crippen LogP contribution in [0, 0.1) is 11.8 Å². The fraction of sp³-hybridized carbons (Fsp3) is 0.464. The summed E-state index contributed by atoms with van der Waals surface area (Å²) < 4.78 is 13.5. The van der Waals surface area contributed by atoms with Gasteiger partial charge in [-0.2, -0.15) is 0 Å². The van der Waals surface area contributed by atoms with Crippen molar-refractivity contribution in [1.29, 1.82) is 0 Å². The van der Waals surface area contributed by atoms with E-state index >= 15 is 0 Å². The van der Waals surface area contributed by atoms with Crippen molar-refractivity contribution >= 4 is 28.6 Å². The number of aromatic nitrogens is 2.